The molecule has 1 saturated heterocycles. The highest BCUT2D eigenvalue weighted by Gasteiger charge is 2.41. The summed E-state index contributed by atoms with van der Waals surface area (Å²) in [6.45, 7) is 0.587. The van der Waals surface area contributed by atoms with E-state index in [9.17, 15) is 23.2 Å². The fourth-order valence-corrected chi connectivity index (χ4v) is 3.94. The number of likely N-dealkylation sites (tertiary alicyclic amines) is 1. The largest absolute Gasteiger partial charge is 0.406 e. The van der Waals surface area contributed by atoms with Gasteiger partial charge in [0.05, 0.1) is 16.6 Å². The number of pyridine rings is 1. The van der Waals surface area contributed by atoms with Crippen molar-refractivity contribution in [2.45, 2.75) is 25.6 Å². The topological polar surface area (TPSA) is 64.6 Å². The molecule has 1 aliphatic rings. The number of carbonyl (C=O) groups excluding carboxylic acids is 1. The lowest BCUT2D eigenvalue weighted by Gasteiger charge is -2.27. The quantitative estimate of drug-likeness (QED) is 0.676. The minimum atomic E-state index is -4.43. The Bertz CT molecular complexity index is 1160. The fraction of sp³-hybridized carbons (Fsp3) is 0.350. The fourth-order valence-electron chi connectivity index (χ4n) is 3.94. The lowest BCUT2D eigenvalue weighted by atomic mass is 10.1. The van der Waals surface area contributed by atoms with E-state index in [2.05, 4.69) is 11.1 Å². The summed E-state index contributed by atoms with van der Waals surface area (Å²) in [6, 6.07) is 10.6. The Balaban J connectivity index is 1.82. The summed E-state index contributed by atoms with van der Waals surface area (Å²) in [5.74, 6) is 0.0572. The Kier molecular flexibility index (Phi) is 4.37. The number of anilines is 1. The van der Waals surface area contributed by atoms with Gasteiger partial charge in [0.2, 0.25) is 5.91 Å². The lowest BCUT2D eigenvalue weighted by molar-refractivity contribution is -0.157. The highest BCUT2D eigenvalue weighted by Crippen LogP contribution is 2.31. The molecular formula is C20H18F3N5O. The van der Waals surface area contributed by atoms with Crippen molar-refractivity contribution in [3.05, 3.63) is 41.5 Å². The van der Waals surface area contributed by atoms with Crippen LogP contribution in [-0.4, -0.2) is 52.5 Å². The maximum absolute atomic E-state index is 12.8. The van der Waals surface area contributed by atoms with Gasteiger partial charge in [0.15, 0.2) is 5.65 Å². The first-order chi connectivity index (χ1) is 13.7. The summed E-state index contributed by atoms with van der Waals surface area (Å²) in [7, 11) is 1.69. The number of nitriles is 1. The van der Waals surface area contributed by atoms with Gasteiger partial charge in [0.1, 0.15) is 24.5 Å². The van der Waals surface area contributed by atoms with Crippen LogP contribution in [0.4, 0.5) is 19.0 Å². The van der Waals surface area contributed by atoms with Crippen LogP contribution in [0.15, 0.2) is 30.3 Å². The number of rotatable bonds is 3. The highest BCUT2D eigenvalue weighted by atomic mass is 19.4. The molecule has 6 nitrogen and oxygen atoms in total. The minimum absolute atomic E-state index is 0.0520. The van der Waals surface area contributed by atoms with Crippen LogP contribution in [0.2, 0.25) is 0 Å². The van der Waals surface area contributed by atoms with E-state index in [-0.39, 0.29) is 6.54 Å². The van der Waals surface area contributed by atoms with Crippen molar-refractivity contribution in [1.29, 1.82) is 5.26 Å². The van der Waals surface area contributed by atoms with E-state index >= 15 is 0 Å². The number of fused-ring (bicyclic) bond motifs is 3. The first kappa shape index (κ1) is 19.1. The molecule has 0 spiro atoms. The van der Waals surface area contributed by atoms with E-state index in [1.54, 1.807) is 29.3 Å². The Morgan fingerprint density at radius 2 is 2.07 bits per heavy atom. The van der Waals surface area contributed by atoms with Crippen LogP contribution in [-0.2, 0) is 4.79 Å². The highest BCUT2D eigenvalue weighted by molar-refractivity contribution is 5.89. The van der Waals surface area contributed by atoms with Gasteiger partial charge in [-0.05, 0) is 37.1 Å². The van der Waals surface area contributed by atoms with E-state index in [4.69, 9.17) is 0 Å². The van der Waals surface area contributed by atoms with Crippen LogP contribution in [0.1, 0.15) is 17.5 Å². The zero-order valence-electron chi connectivity index (χ0n) is 15.9. The monoisotopic (exact) mass is 401 g/mol. The number of alkyl halides is 3. The van der Waals surface area contributed by atoms with E-state index in [0.29, 0.717) is 34.5 Å². The summed E-state index contributed by atoms with van der Waals surface area (Å²) in [4.78, 5) is 19.8. The molecule has 0 N–H and O–H groups in total. The summed E-state index contributed by atoms with van der Waals surface area (Å²) >= 11 is 0. The number of halogens is 3. The van der Waals surface area contributed by atoms with Crippen molar-refractivity contribution in [2.75, 3.05) is 25.0 Å². The average Bonchev–Trinajstić information content (AvgIpc) is 3.20. The van der Waals surface area contributed by atoms with E-state index in [1.807, 2.05) is 24.3 Å². The molecule has 9 heteroatoms. The van der Waals surface area contributed by atoms with Crippen LogP contribution in [0.25, 0.3) is 16.7 Å². The normalized spacial score (nSPS) is 17.3. The van der Waals surface area contributed by atoms with Gasteiger partial charge in [-0.1, -0.05) is 12.1 Å². The van der Waals surface area contributed by atoms with Gasteiger partial charge in [-0.15, -0.1) is 0 Å². The summed E-state index contributed by atoms with van der Waals surface area (Å²) < 4.78 is 40.1. The molecule has 1 amide bonds. The maximum Gasteiger partial charge on any atom is 0.406 e. The Labute approximate surface area is 164 Å². The molecule has 1 atom stereocenters. The van der Waals surface area contributed by atoms with Crippen LogP contribution in [0.3, 0.4) is 0 Å². The number of para-hydroxylation sites is 2. The molecular weight excluding hydrogens is 383 g/mol. The van der Waals surface area contributed by atoms with Crippen molar-refractivity contribution >= 4 is 28.4 Å². The molecule has 2 aromatic heterocycles. The van der Waals surface area contributed by atoms with Crippen molar-refractivity contribution in [3.8, 4) is 6.07 Å². The second kappa shape index (κ2) is 6.65. The third-order valence-electron chi connectivity index (χ3n) is 5.33. The van der Waals surface area contributed by atoms with Gasteiger partial charge in [-0.2, -0.15) is 18.4 Å². The average molecular weight is 401 g/mol. The number of likely N-dealkylation sites (N-methyl/N-ethyl adjacent to an activating group) is 1. The standard InChI is InChI=1S/C20H18F3N5O/c1-12-9-17(26(2)16-7-8-27(19(16)29)11-20(21,22)23)28-15-6-4-3-5-14(15)25-18(28)13(12)10-24/h3-6,9,16H,7-8,11H2,1-2H3. The minimum Gasteiger partial charge on any atom is -0.349 e. The number of hydrogen-bond acceptors (Lipinski definition) is 4. The molecule has 3 aromatic rings. The molecule has 1 aliphatic heterocycles. The smallest absolute Gasteiger partial charge is 0.349 e. The van der Waals surface area contributed by atoms with Crippen LogP contribution < -0.4 is 4.90 Å². The Morgan fingerprint density at radius 1 is 1.34 bits per heavy atom. The lowest BCUT2D eigenvalue weighted by Crippen LogP contribution is -2.43. The Morgan fingerprint density at radius 3 is 2.76 bits per heavy atom. The SMILES string of the molecule is Cc1cc(N(C)C2CCN(CC(F)(F)F)C2=O)n2c(nc3ccccc32)c1C#N. The number of benzene rings is 1. The number of carbonyl (C=O) groups is 1. The first-order valence-electron chi connectivity index (χ1n) is 9.10. The summed E-state index contributed by atoms with van der Waals surface area (Å²) in [5, 5.41) is 9.58. The molecule has 29 heavy (non-hydrogen) atoms. The molecule has 1 unspecified atom stereocenters. The predicted octanol–water partition coefficient (Wildman–Crippen LogP) is 3.27. The summed E-state index contributed by atoms with van der Waals surface area (Å²) in [5.41, 5.74) is 3.04. The van der Waals surface area contributed by atoms with Crippen molar-refractivity contribution in [3.63, 3.8) is 0 Å². The third kappa shape index (κ3) is 3.14. The van der Waals surface area contributed by atoms with Gasteiger partial charge in [0.25, 0.3) is 0 Å². The van der Waals surface area contributed by atoms with E-state index in [1.165, 1.54) is 0 Å². The third-order valence-corrected chi connectivity index (χ3v) is 5.33. The molecule has 0 radical (unpaired) electrons. The second-order valence-corrected chi connectivity index (χ2v) is 7.22. The number of hydrogen-bond donors (Lipinski definition) is 0. The number of aromatic nitrogens is 2. The molecule has 3 heterocycles. The number of imidazole rings is 1. The maximum atomic E-state index is 12.8. The molecule has 0 saturated carbocycles. The zero-order valence-corrected chi connectivity index (χ0v) is 15.9. The second-order valence-electron chi connectivity index (χ2n) is 7.22. The Hall–Kier alpha value is -3.28. The molecule has 0 aliphatic carbocycles. The molecule has 150 valence electrons. The number of nitrogens with zero attached hydrogens (tertiary/aromatic N) is 5. The summed E-state index contributed by atoms with van der Waals surface area (Å²) in [6.07, 6.45) is -4.14. The zero-order chi connectivity index (χ0) is 20.9. The van der Waals surface area contributed by atoms with E-state index in [0.717, 1.165) is 10.4 Å². The van der Waals surface area contributed by atoms with Crippen molar-refractivity contribution in [2.24, 2.45) is 0 Å². The van der Waals surface area contributed by atoms with Gasteiger partial charge < -0.3 is 9.80 Å². The van der Waals surface area contributed by atoms with Crippen molar-refractivity contribution < 1.29 is 18.0 Å². The van der Waals surface area contributed by atoms with Gasteiger partial charge >= 0.3 is 6.18 Å². The van der Waals surface area contributed by atoms with E-state index < -0.39 is 24.7 Å². The number of aryl methyl sites for hydroxylation is 1. The number of amides is 1. The van der Waals surface area contributed by atoms with Crippen LogP contribution >= 0.6 is 0 Å². The van der Waals surface area contributed by atoms with Gasteiger partial charge in [0, 0.05) is 13.6 Å². The molecule has 1 aromatic carbocycles. The molecule has 0 bridgehead atoms. The first-order valence-corrected chi connectivity index (χ1v) is 9.10. The van der Waals surface area contributed by atoms with Gasteiger partial charge in [-0.3, -0.25) is 9.20 Å². The molecule has 1 fully saturated rings. The van der Waals surface area contributed by atoms with Crippen molar-refractivity contribution in [1.82, 2.24) is 14.3 Å². The van der Waals surface area contributed by atoms with Gasteiger partial charge in [-0.25, -0.2) is 4.98 Å². The predicted molar refractivity (Wildman–Crippen MR) is 102 cm³/mol. The van der Waals surface area contributed by atoms with Crippen LogP contribution in [0.5, 0.6) is 0 Å². The molecule has 4 rings (SSSR count). The van der Waals surface area contributed by atoms with Crippen LogP contribution in [0, 0.1) is 18.3 Å².